The molecule has 1 heterocycles. The first-order valence-corrected chi connectivity index (χ1v) is 6.87. The lowest BCUT2D eigenvalue weighted by Gasteiger charge is -2.39. The van der Waals surface area contributed by atoms with Gasteiger partial charge in [-0.3, -0.25) is 0 Å². The summed E-state index contributed by atoms with van der Waals surface area (Å²) in [5, 5.41) is 29.7. The average molecular weight is 291 g/mol. The molecule has 1 aromatic carbocycles. The lowest BCUT2D eigenvalue weighted by Crippen LogP contribution is -2.55. The highest BCUT2D eigenvalue weighted by Gasteiger charge is 2.42. The van der Waals surface area contributed by atoms with E-state index in [1.165, 1.54) is 11.8 Å². The maximum absolute atomic E-state index is 9.88. The first-order valence-electron chi connectivity index (χ1n) is 5.61. The third-order valence-electron chi connectivity index (χ3n) is 2.89. The minimum Gasteiger partial charge on any atom is -0.388 e. The molecule has 1 fully saturated rings. The summed E-state index contributed by atoms with van der Waals surface area (Å²) in [6.45, 7) is 1.65. The van der Waals surface area contributed by atoms with Crippen LogP contribution < -0.4 is 0 Å². The maximum Gasteiger partial charge on any atom is 0.136 e. The Morgan fingerprint density at radius 2 is 1.78 bits per heavy atom. The van der Waals surface area contributed by atoms with Gasteiger partial charge in [0.25, 0.3) is 0 Å². The zero-order chi connectivity index (χ0) is 13.3. The van der Waals surface area contributed by atoms with Crippen molar-refractivity contribution in [3.8, 4) is 0 Å². The molecule has 1 aromatic rings. The fraction of sp³-hybridized carbons (Fsp3) is 0.500. The molecule has 0 saturated carbocycles. The number of hydrogen-bond donors (Lipinski definition) is 3. The van der Waals surface area contributed by atoms with Gasteiger partial charge in [-0.1, -0.05) is 35.5 Å². The summed E-state index contributed by atoms with van der Waals surface area (Å²) in [6.07, 6.45) is -3.99. The van der Waals surface area contributed by atoms with Crippen LogP contribution in [0.2, 0.25) is 5.02 Å². The van der Waals surface area contributed by atoms with Crippen molar-refractivity contribution in [1.29, 1.82) is 0 Å². The summed E-state index contributed by atoms with van der Waals surface area (Å²) < 4.78 is 5.48. The number of ether oxygens (including phenoxy) is 1. The number of aliphatic hydroxyl groups excluding tert-OH is 3. The summed E-state index contributed by atoms with van der Waals surface area (Å²) in [7, 11) is 0. The van der Waals surface area contributed by atoms with Crippen LogP contribution in [0.15, 0.2) is 29.2 Å². The van der Waals surface area contributed by atoms with Crippen molar-refractivity contribution in [2.45, 2.75) is 41.7 Å². The van der Waals surface area contributed by atoms with E-state index in [1.54, 1.807) is 13.0 Å². The molecule has 18 heavy (non-hydrogen) atoms. The smallest absolute Gasteiger partial charge is 0.136 e. The zero-order valence-electron chi connectivity index (χ0n) is 9.73. The molecule has 0 aromatic heterocycles. The molecule has 1 aliphatic heterocycles. The molecular weight excluding hydrogens is 276 g/mol. The monoisotopic (exact) mass is 290 g/mol. The topological polar surface area (TPSA) is 69.9 Å². The quantitative estimate of drug-likeness (QED) is 0.765. The molecule has 1 saturated heterocycles. The second-order valence-corrected chi connectivity index (χ2v) is 5.78. The van der Waals surface area contributed by atoms with Crippen LogP contribution in [0, 0.1) is 0 Å². The van der Waals surface area contributed by atoms with Crippen LogP contribution in [-0.2, 0) is 4.74 Å². The van der Waals surface area contributed by atoms with E-state index in [9.17, 15) is 15.3 Å². The minimum absolute atomic E-state index is 0.539. The Morgan fingerprint density at radius 1 is 1.11 bits per heavy atom. The predicted molar refractivity (Wildman–Crippen MR) is 69.7 cm³/mol. The summed E-state index contributed by atoms with van der Waals surface area (Å²) in [5.41, 5.74) is -0.654. The highest BCUT2D eigenvalue weighted by Crippen LogP contribution is 2.36. The van der Waals surface area contributed by atoms with Crippen molar-refractivity contribution < 1.29 is 20.1 Å². The Hall–Kier alpha value is -0.300. The normalized spacial score (nSPS) is 36.6. The van der Waals surface area contributed by atoms with Gasteiger partial charge in [0.1, 0.15) is 23.7 Å². The number of thioether (sulfide) groups is 1. The van der Waals surface area contributed by atoms with Crippen LogP contribution in [0.5, 0.6) is 0 Å². The van der Waals surface area contributed by atoms with E-state index in [4.69, 9.17) is 16.3 Å². The molecule has 3 N–H and O–H groups in total. The molecule has 6 heteroatoms. The van der Waals surface area contributed by atoms with Gasteiger partial charge in [0.05, 0.1) is 11.1 Å². The van der Waals surface area contributed by atoms with Gasteiger partial charge in [0.2, 0.25) is 0 Å². The Morgan fingerprint density at radius 3 is 2.44 bits per heavy atom. The summed E-state index contributed by atoms with van der Waals surface area (Å²) in [6, 6.07) is 7.20. The van der Waals surface area contributed by atoms with Gasteiger partial charge < -0.3 is 20.1 Å². The summed E-state index contributed by atoms with van der Waals surface area (Å²) >= 11 is 7.26. The van der Waals surface area contributed by atoms with Gasteiger partial charge in [-0.25, -0.2) is 0 Å². The van der Waals surface area contributed by atoms with Crippen molar-refractivity contribution in [2.24, 2.45) is 0 Å². The van der Waals surface area contributed by atoms with Crippen LogP contribution in [0.25, 0.3) is 0 Å². The van der Waals surface area contributed by atoms with Gasteiger partial charge in [-0.05, 0) is 19.1 Å². The van der Waals surface area contributed by atoms with Gasteiger partial charge in [0.15, 0.2) is 0 Å². The zero-order valence-corrected chi connectivity index (χ0v) is 11.3. The predicted octanol–water partition coefficient (Wildman–Crippen LogP) is 1.26. The Labute approximate surface area is 115 Å². The van der Waals surface area contributed by atoms with Crippen LogP contribution in [0.1, 0.15) is 6.92 Å². The largest absolute Gasteiger partial charge is 0.388 e. The van der Waals surface area contributed by atoms with E-state index in [0.717, 1.165) is 4.90 Å². The van der Waals surface area contributed by atoms with E-state index >= 15 is 0 Å². The summed E-state index contributed by atoms with van der Waals surface area (Å²) in [4.78, 5) is 0.763. The minimum atomic E-state index is -1.21. The molecular formula is C12H15ClO4S. The van der Waals surface area contributed by atoms with Crippen LogP contribution in [-0.4, -0.2) is 45.2 Å². The molecule has 5 atom stereocenters. The van der Waals surface area contributed by atoms with Crippen molar-refractivity contribution in [1.82, 2.24) is 0 Å². The van der Waals surface area contributed by atoms with Crippen molar-refractivity contribution in [3.63, 3.8) is 0 Å². The van der Waals surface area contributed by atoms with E-state index in [-0.39, 0.29) is 0 Å². The molecule has 0 spiro atoms. The number of benzene rings is 1. The van der Waals surface area contributed by atoms with E-state index in [2.05, 4.69) is 0 Å². The highest BCUT2D eigenvalue weighted by atomic mass is 35.5. The maximum atomic E-state index is 9.88. The van der Waals surface area contributed by atoms with Crippen LogP contribution >= 0.6 is 23.4 Å². The van der Waals surface area contributed by atoms with Gasteiger partial charge >= 0.3 is 0 Å². The third-order valence-corrected chi connectivity index (χ3v) is 4.56. The molecule has 0 amide bonds. The number of hydrogen-bond acceptors (Lipinski definition) is 5. The fourth-order valence-corrected chi connectivity index (χ4v) is 3.16. The first kappa shape index (κ1) is 14.1. The average Bonchev–Trinajstić information content (AvgIpc) is 2.36. The standard InChI is InChI=1S/C12H15ClO4S/c1-6-9(14)10(15)11(16)12(17-6)18-8-5-3-2-4-7(8)13/h2-6,9-12,14-16H,1H3/t6-,9+,10+,11-,12+/m1/s1. The van der Waals surface area contributed by atoms with E-state index in [1.807, 2.05) is 18.2 Å². The molecule has 1 aliphatic rings. The van der Waals surface area contributed by atoms with E-state index in [0.29, 0.717) is 5.02 Å². The van der Waals surface area contributed by atoms with Crippen molar-refractivity contribution in [3.05, 3.63) is 29.3 Å². The van der Waals surface area contributed by atoms with Crippen LogP contribution in [0.4, 0.5) is 0 Å². The molecule has 100 valence electrons. The Balaban J connectivity index is 2.12. The van der Waals surface area contributed by atoms with Crippen molar-refractivity contribution >= 4 is 23.4 Å². The lowest BCUT2D eigenvalue weighted by atomic mass is 10.0. The second kappa shape index (κ2) is 5.77. The molecule has 4 nitrogen and oxygen atoms in total. The molecule has 0 unspecified atom stereocenters. The first-order chi connectivity index (χ1) is 8.50. The van der Waals surface area contributed by atoms with E-state index < -0.39 is 29.9 Å². The molecule has 2 rings (SSSR count). The number of aliphatic hydroxyl groups is 3. The highest BCUT2D eigenvalue weighted by molar-refractivity contribution is 8.00. The molecule has 0 bridgehead atoms. The Bertz CT molecular complexity index is 417. The van der Waals surface area contributed by atoms with Gasteiger partial charge in [0, 0.05) is 4.90 Å². The number of rotatable bonds is 2. The fourth-order valence-electron chi connectivity index (χ4n) is 1.78. The second-order valence-electron chi connectivity index (χ2n) is 4.23. The molecule has 0 aliphatic carbocycles. The Kier molecular flexibility index (Phi) is 4.53. The molecule has 0 radical (unpaired) electrons. The third kappa shape index (κ3) is 2.82. The van der Waals surface area contributed by atoms with Gasteiger partial charge in [-0.2, -0.15) is 0 Å². The van der Waals surface area contributed by atoms with Gasteiger partial charge in [-0.15, -0.1) is 0 Å². The lowest BCUT2D eigenvalue weighted by molar-refractivity contribution is -0.192. The van der Waals surface area contributed by atoms with Crippen molar-refractivity contribution in [2.75, 3.05) is 0 Å². The van der Waals surface area contributed by atoms with Crippen LogP contribution in [0.3, 0.4) is 0 Å². The number of halogens is 1. The summed E-state index contributed by atoms with van der Waals surface area (Å²) in [5.74, 6) is 0. The SMILES string of the molecule is C[C@H]1O[C@@H](Sc2ccccc2Cl)[C@H](O)[C@@H](O)[C@H]1O.